The van der Waals surface area contributed by atoms with Gasteiger partial charge in [-0.25, -0.2) is 0 Å². The van der Waals surface area contributed by atoms with Crippen LogP contribution in [0.2, 0.25) is 0 Å². The first-order chi connectivity index (χ1) is 6.31. The Bertz CT molecular complexity index is 307. The Morgan fingerprint density at radius 1 is 1.54 bits per heavy atom. The highest BCUT2D eigenvalue weighted by Gasteiger charge is 2.21. The molecule has 0 bridgehead atoms. The van der Waals surface area contributed by atoms with Crippen molar-refractivity contribution in [3.63, 3.8) is 0 Å². The third-order valence-corrected chi connectivity index (χ3v) is 3.81. The third kappa shape index (κ3) is 1.74. The molecule has 0 radical (unpaired) electrons. The summed E-state index contributed by atoms with van der Waals surface area (Å²) < 4.78 is 0. The molecule has 1 aliphatic rings. The van der Waals surface area contributed by atoms with Gasteiger partial charge in [-0.05, 0) is 37.4 Å². The predicted octanol–water partition coefficient (Wildman–Crippen LogP) is 2.53. The Balaban J connectivity index is 2.29. The van der Waals surface area contributed by atoms with Gasteiger partial charge >= 0.3 is 0 Å². The molecule has 0 amide bonds. The van der Waals surface area contributed by atoms with E-state index in [2.05, 4.69) is 25.1 Å². The second-order valence-corrected chi connectivity index (χ2v) is 4.69. The van der Waals surface area contributed by atoms with E-state index in [0.29, 0.717) is 5.92 Å². The molecule has 0 saturated heterocycles. The molecule has 70 valence electrons. The molecule has 2 heteroatoms. The molecule has 1 aliphatic heterocycles. The van der Waals surface area contributed by atoms with Crippen LogP contribution >= 0.6 is 11.8 Å². The van der Waals surface area contributed by atoms with Crippen LogP contribution < -0.4 is 5.73 Å². The van der Waals surface area contributed by atoms with E-state index in [1.807, 2.05) is 11.8 Å². The molecule has 1 aromatic rings. The Hall–Kier alpha value is -0.470. The zero-order chi connectivity index (χ0) is 9.26. The standard InChI is InChI=1S/C11H15NS/c1-8-2-3-11-10(6-8)9(4-5-12)7-13-11/h2-3,6,9H,4-5,7,12H2,1H3. The molecule has 1 nitrogen and oxygen atoms in total. The van der Waals surface area contributed by atoms with Crippen molar-refractivity contribution in [2.75, 3.05) is 12.3 Å². The summed E-state index contributed by atoms with van der Waals surface area (Å²) in [5.74, 6) is 1.92. The number of rotatable bonds is 2. The molecular weight excluding hydrogens is 178 g/mol. The first kappa shape index (κ1) is 9.10. The molecule has 2 rings (SSSR count). The fourth-order valence-electron chi connectivity index (χ4n) is 1.84. The highest BCUT2D eigenvalue weighted by atomic mass is 32.2. The van der Waals surface area contributed by atoms with E-state index in [-0.39, 0.29) is 0 Å². The zero-order valence-corrected chi connectivity index (χ0v) is 8.73. The first-order valence-corrected chi connectivity index (χ1v) is 5.73. The Labute approximate surface area is 83.7 Å². The lowest BCUT2D eigenvalue weighted by molar-refractivity contribution is 0.700. The number of aryl methyl sites for hydroxylation is 1. The van der Waals surface area contributed by atoms with Gasteiger partial charge in [-0.2, -0.15) is 0 Å². The van der Waals surface area contributed by atoms with Gasteiger partial charge in [0.15, 0.2) is 0 Å². The number of thioether (sulfide) groups is 1. The summed E-state index contributed by atoms with van der Waals surface area (Å²) in [5, 5.41) is 0. The summed E-state index contributed by atoms with van der Waals surface area (Å²) in [7, 11) is 0. The minimum atomic E-state index is 0.699. The van der Waals surface area contributed by atoms with Crippen LogP contribution in [0.3, 0.4) is 0 Å². The van der Waals surface area contributed by atoms with Crippen LogP contribution in [-0.4, -0.2) is 12.3 Å². The summed E-state index contributed by atoms with van der Waals surface area (Å²) in [6, 6.07) is 6.75. The normalized spacial score (nSPS) is 20.3. The fraction of sp³-hybridized carbons (Fsp3) is 0.455. The van der Waals surface area contributed by atoms with E-state index in [1.54, 1.807) is 0 Å². The Morgan fingerprint density at radius 3 is 3.15 bits per heavy atom. The van der Waals surface area contributed by atoms with Gasteiger partial charge < -0.3 is 5.73 Å². The molecule has 1 unspecified atom stereocenters. The summed E-state index contributed by atoms with van der Waals surface area (Å²) in [4.78, 5) is 1.46. The molecule has 2 N–H and O–H groups in total. The molecule has 1 aromatic carbocycles. The van der Waals surface area contributed by atoms with Crippen LogP contribution in [0.4, 0.5) is 0 Å². The van der Waals surface area contributed by atoms with Crippen molar-refractivity contribution in [3.05, 3.63) is 29.3 Å². The Kier molecular flexibility index (Phi) is 2.61. The number of hydrogen-bond donors (Lipinski definition) is 1. The molecule has 13 heavy (non-hydrogen) atoms. The summed E-state index contributed by atoms with van der Waals surface area (Å²) in [6.07, 6.45) is 1.13. The SMILES string of the molecule is Cc1ccc2c(c1)C(CCN)CS2. The number of benzene rings is 1. The van der Waals surface area contributed by atoms with E-state index in [9.17, 15) is 0 Å². The van der Waals surface area contributed by atoms with Crippen molar-refractivity contribution >= 4 is 11.8 Å². The van der Waals surface area contributed by atoms with Crippen molar-refractivity contribution in [2.24, 2.45) is 5.73 Å². The molecule has 0 fully saturated rings. The summed E-state index contributed by atoms with van der Waals surface area (Å²) in [5.41, 5.74) is 8.48. The lowest BCUT2D eigenvalue weighted by Crippen LogP contribution is -2.06. The van der Waals surface area contributed by atoms with Crippen molar-refractivity contribution in [2.45, 2.75) is 24.2 Å². The zero-order valence-electron chi connectivity index (χ0n) is 7.92. The molecule has 0 spiro atoms. The average molecular weight is 193 g/mol. The fourth-order valence-corrected chi connectivity index (χ4v) is 3.12. The maximum absolute atomic E-state index is 5.59. The van der Waals surface area contributed by atoms with Gasteiger partial charge in [0.1, 0.15) is 0 Å². The number of nitrogens with two attached hydrogens (primary N) is 1. The van der Waals surface area contributed by atoms with E-state index in [1.165, 1.54) is 21.8 Å². The van der Waals surface area contributed by atoms with Crippen LogP contribution in [0.15, 0.2) is 23.1 Å². The molecule has 0 aliphatic carbocycles. The number of fused-ring (bicyclic) bond motifs is 1. The van der Waals surface area contributed by atoms with Crippen molar-refractivity contribution < 1.29 is 0 Å². The van der Waals surface area contributed by atoms with Crippen LogP contribution in [0, 0.1) is 6.92 Å². The quantitative estimate of drug-likeness (QED) is 0.781. The van der Waals surface area contributed by atoms with Crippen LogP contribution in [0.1, 0.15) is 23.5 Å². The first-order valence-electron chi connectivity index (χ1n) is 4.74. The number of hydrogen-bond acceptors (Lipinski definition) is 2. The van der Waals surface area contributed by atoms with Crippen LogP contribution in [0.25, 0.3) is 0 Å². The second kappa shape index (κ2) is 3.72. The lowest BCUT2D eigenvalue weighted by Gasteiger charge is -2.08. The van der Waals surface area contributed by atoms with E-state index in [0.717, 1.165) is 13.0 Å². The largest absolute Gasteiger partial charge is 0.330 e. The predicted molar refractivity (Wildman–Crippen MR) is 58.3 cm³/mol. The second-order valence-electron chi connectivity index (χ2n) is 3.63. The average Bonchev–Trinajstić information content (AvgIpc) is 2.49. The van der Waals surface area contributed by atoms with Gasteiger partial charge in [-0.3, -0.25) is 0 Å². The van der Waals surface area contributed by atoms with Gasteiger partial charge in [0.05, 0.1) is 0 Å². The summed E-state index contributed by atoms with van der Waals surface area (Å²) in [6.45, 7) is 2.96. The topological polar surface area (TPSA) is 26.0 Å². The van der Waals surface area contributed by atoms with Gasteiger partial charge in [-0.1, -0.05) is 17.7 Å². The minimum absolute atomic E-state index is 0.699. The third-order valence-electron chi connectivity index (χ3n) is 2.56. The molecule has 0 saturated carbocycles. The van der Waals surface area contributed by atoms with Crippen molar-refractivity contribution in [3.8, 4) is 0 Å². The van der Waals surface area contributed by atoms with Crippen molar-refractivity contribution in [1.29, 1.82) is 0 Å². The molecule has 1 heterocycles. The van der Waals surface area contributed by atoms with Gasteiger partial charge in [0, 0.05) is 10.6 Å². The highest BCUT2D eigenvalue weighted by Crippen LogP contribution is 2.41. The van der Waals surface area contributed by atoms with Crippen LogP contribution in [0.5, 0.6) is 0 Å². The van der Waals surface area contributed by atoms with E-state index >= 15 is 0 Å². The lowest BCUT2D eigenvalue weighted by atomic mass is 9.97. The maximum Gasteiger partial charge on any atom is 0.0108 e. The molecule has 1 atom stereocenters. The minimum Gasteiger partial charge on any atom is -0.330 e. The van der Waals surface area contributed by atoms with E-state index < -0.39 is 0 Å². The molecule has 0 aromatic heterocycles. The van der Waals surface area contributed by atoms with Crippen molar-refractivity contribution in [1.82, 2.24) is 0 Å². The summed E-state index contributed by atoms with van der Waals surface area (Å²) >= 11 is 1.97. The Morgan fingerprint density at radius 2 is 2.38 bits per heavy atom. The van der Waals surface area contributed by atoms with Gasteiger partial charge in [0.25, 0.3) is 0 Å². The van der Waals surface area contributed by atoms with Crippen LogP contribution in [-0.2, 0) is 0 Å². The van der Waals surface area contributed by atoms with Gasteiger partial charge in [-0.15, -0.1) is 11.8 Å². The maximum atomic E-state index is 5.59. The smallest absolute Gasteiger partial charge is 0.0108 e. The monoisotopic (exact) mass is 193 g/mol. The van der Waals surface area contributed by atoms with Gasteiger partial charge in [0.2, 0.25) is 0 Å². The highest BCUT2D eigenvalue weighted by molar-refractivity contribution is 7.99. The molecular formula is C11H15NS. The van der Waals surface area contributed by atoms with E-state index in [4.69, 9.17) is 5.73 Å².